The van der Waals surface area contributed by atoms with Gasteiger partial charge in [-0.15, -0.1) is 11.3 Å². The van der Waals surface area contributed by atoms with Crippen molar-refractivity contribution in [2.45, 2.75) is 45.4 Å². The van der Waals surface area contributed by atoms with E-state index < -0.39 is 7.12 Å². The van der Waals surface area contributed by atoms with Crippen LogP contribution in [0.25, 0.3) is 0 Å². The molecular weight excluding hydrogens is 327 g/mol. The largest absolute Gasteiger partial charge is 0.498 e. The van der Waals surface area contributed by atoms with Crippen LogP contribution in [0.3, 0.4) is 0 Å². The first-order chi connectivity index (χ1) is 11.2. The topological polar surface area (TPSA) is 62.6 Å². The van der Waals surface area contributed by atoms with Crippen LogP contribution in [-0.4, -0.2) is 41.2 Å². The minimum atomic E-state index is -0.419. The fourth-order valence-electron chi connectivity index (χ4n) is 2.40. The summed E-state index contributed by atoms with van der Waals surface area (Å²) in [6.07, 6.45) is 3.68. The predicted octanol–water partition coefficient (Wildman–Crippen LogP) is 2.08. The molecule has 0 radical (unpaired) electrons. The van der Waals surface area contributed by atoms with Crippen molar-refractivity contribution in [2.24, 2.45) is 0 Å². The summed E-state index contributed by atoms with van der Waals surface area (Å²) in [5, 5.41) is 4.37. The van der Waals surface area contributed by atoms with Crippen LogP contribution < -0.4 is 5.46 Å². The van der Waals surface area contributed by atoms with Crippen molar-refractivity contribution in [3.8, 4) is 0 Å². The van der Waals surface area contributed by atoms with Gasteiger partial charge < -0.3 is 14.0 Å². The average Bonchev–Trinajstić information content (AvgIpc) is 3.19. The normalized spacial score (nSPS) is 18.8. The number of hydrogen-bond donors (Lipinski definition) is 0. The Morgan fingerprint density at radius 3 is 2.58 bits per heavy atom. The van der Waals surface area contributed by atoms with Gasteiger partial charge in [0.15, 0.2) is 0 Å². The molecular formula is C16H21BN2O4S. The van der Waals surface area contributed by atoms with Gasteiger partial charge in [-0.1, -0.05) is 0 Å². The molecule has 2 aromatic rings. The van der Waals surface area contributed by atoms with E-state index in [-0.39, 0.29) is 17.2 Å². The van der Waals surface area contributed by atoms with E-state index in [1.54, 1.807) is 12.3 Å². The zero-order valence-electron chi connectivity index (χ0n) is 14.5. The Hall–Kier alpha value is -1.64. The number of hydrogen-bond acceptors (Lipinski definition) is 6. The lowest BCUT2D eigenvalue weighted by Crippen LogP contribution is -2.41. The van der Waals surface area contributed by atoms with Gasteiger partial charge in [-0.05, 0) is 39.8 Å². The molecule has 2 aromatic heterocycles. The molecule has 0 N–H and O–H groups in total. The fourth-order valence-corrected chi connectivity index (χ4v) is 3.32. The molecule has 3 rings (SSSR count). The van der Waals surface area contributed by atoms with Gasteiger partial charge in [0.05, 0.1) is 24.9 Å². The third kappa shape index (κ3) is 3.13. The number of nitrogens with zero attached hydrogens (tertiary/aromatic N) is 2. The second kappa shape index (κ2) is 6.02. The monoisotopic (exact) mass is 348 g/mol. The summed E-state index contributed by atoms with van der Waals surface area (Å²) >= 11 is 1.40. The highest BCUT2D eigenvalue weighted by molar-refractivity contribution is 7.13. The van der Waals surface area contributed by atoms with Gasteiger partial charge >= 0.3 is 13.1 Å². The minimum absolute atomic E-state index is 0.315. The number of carbonyl (C=O) groups excluding carboxylic acids is 1. The zero-order chi connectivity index (χ0) is 17.5. The first-order valence-electron chi connectivity index (χ1n) is 7.77. The minimum Gasteiger partial charge on any atom is -0.465 e. The summed E-state index contributed by atoms with van der Waals surface area (Å²) in [4.78, 5) is 13.1. The maximum absolute atomic E-state index is 11.5. The maximum Gasteiger partial charge on any atom is 0.498 e. The molecule has 1 saturated heterocycles. The van der Waals surface area contributed by atoms with Crippen LogP contribution in [0, 0.1) is 0 Å². The van der Waals surface area contributed by atoms with Crippen molar-refractivity contribution in [1.29, 1.82) is 0 Å². The lowest BCUT2D eigenvalue weighted by molar-refractivity contribution is 0.00578. The summed E-state index contributed by atoms with van der Waals surface area (Å²) in [6.45, 7) is 8.69. The highest BCUT2D eigenvalue weighted by Crippen LogP contribution is 2.36. The summed E-state index contributed by atoms with van der Waals surface area (Å²) < 4.78 is 18.6. The second-order valence-corrected chi connectivity index (χ2v) is 7.99. The standard InChI is InChI=1S/C16H21BN2O4S/c1-15(2)16(3,4)23-17(22-15)11-8-18-19(9-11)10-12-6-7-13(24-12)14(20)21-5/h6-9H,10H2,1-5H3. The summed E-state index contributed by atoms with van der Waals surface area (Å²) in [6, 6.07) is 3.68. The molecule has 0 saturated carbocycles. The van der Waals surface area contributed by atoms with Gasteiger partial charge in [0.25, 0.3) is 0 Å². The predicted molar refractivity (Wildman–Crippen MR) is 92.7 cm³/mol. The van der Waals surface area contributed by atoms with Crippen molar-refractivity contribution in [2.75, 3.05) is 7.11 Å². The van der Waals surface area contributed by atoms with E-state index in [1.165, 1.54) is 18.4 Å². The van der Waals surface area contributed by atoms with Crippen molar-refractivity contribution in [3.63, 3.8) is 0 Å². The SMILES string of the molecule is COC(=O)c1ccc(Cn2cc(B3OC(C)(C)C(C)(C)O3)cn2)s1. The molecule has 128 valence electrons. The molecule has 6 nitrogen and oxygen atoms in total. The zero-order valence-corrected chi connectivity index (χ0v) is 15.3. The van der Waals surface area contributed by atoms with Crippen molar-refractivity contribution >= 4 is 29.9 Å². The molecule has 8 heteroatoms. The maximum atomic E-state index is 11.5. The van der Waals surface area contributed by atoms with Crippen molar-refractivity contribution < 1.29 is 18.8 Å². The highest BCUT2D eigenvalue weighted by atomic mass is 32.1. The van der Waals surface area contributed by atoms with Gasteiger partial charge in [-0.2, -0.15) is 5.10 Å². The first-order valence-corrected chi connectivity index (χ1v) is 8.58. The van der Waals surface area contributed by atoms with Crippen LogP contribution in [-0.2, 0) is 20.6 Å². The molecule has 0 bridgehead atoms. The number of esters is 1. The third-order valence-electron chi connectivity index (χ3n) is 4.54. The van der Waals surface area contributed by atoms with Gasteiger partial charge in [0, 0.05) is 22.7 Å². The fraction of sp³-hybridized carbons (Fsp3) is 0.500. The molecule has 24 heavy (non-hydrogen) atoms. The Labute approximate surface area is 145 Å². The quantitative estimate of drug-likeness (QED) is 0.625. The van der Waals surface area contributed by atoms with E-state index in [9.17, 15) is 4.79 Å². The van der Waals surface area contributed by atoms with Crippen LogP contribution in [0.5, 0.6) is 0 Å². The number of rotatable bonds is 4. The van der Waals surface area contributed by atoms with Crippen LogP contribution in [0.2, 0.25) is 0 Å². The molecule has 0 spiro atoms. The van der Waals surface area contributed by atoms with Crippen molar-refractivity contribution in [1.82, 2.24) is 9.78 Å². The molecule has 1 aliphatic rings. The Bertz CT molecular complexity index is 737. The molecule has 0 unspecified atom stereocenters. The van der Waals surface area contributed by atoms with Crippen LogP contribution >= 0.6 is 11.3 Å². The molecule has 3 heterocycles. The number of carbonyl (C=O) groups is 1. The summed E-state index contributed by atoms with van der Waals surface area (Å²) in [7, 11) is 0.962. The number of thiophene rings is 1. The third-order valence-corrected chi connectivity index (χ3v) is 5.59. The number of methoxy groups -OCH3 is 1. The van der Waals surface area contributed by atoms with Gasteiger partial charge in [0.1, 0.15) is 4.88 Å². The van der Waals surface area contributed by atoms with E-state index in [2.05, 4.69) is 5.10 Å². The van der Waals surface area contributed by atoms with Crippen LogP contribution in [0.4, 0.5) is 0 Å². The summed E-state index contributed by atoms with van der Waals surface area (Å²) in [5.74, 6) is -0.315. The van der Waals surface area contributed by atoms with E-state index in [4.69, 9.17) is 14.0 Å². The Morgan fingerprint density at radius 1 is 1.29 bits per heavy atom. The second-order valence-electron chi connectivity index (χ2n) is 6.82. The lowest BCUT2D eigenvalue weighted by atomic mass is 9.82. The first kappa shape index (κ1) is 17.2. The molecule has 0 aromatic carbocycles. The molecule has 0 aliphatic carbocycles. The number of ether oxygens (including phenoxy) is 1. The van der Waals surface area contributed by atoms with Gasteiger partial charge in [0.2, 0.25) is 0 Å². The van der Waals surface area contributed by atoms with Crippen LogP contribution in [0.15, 0.2) is 24.5 Å². The molecule has 0 atom stereocenters. The van der Waals surface area contributed by atoms with Crippen LogP contribution in [0.1, 0.15) is 42.2 Å². The van der Waals surface area contributed by atoms with Crippen molar-refractivity contribution in [3.05, 3.63) is 34.3 Å². The molecule has 1 fully saturated rings. The van der Waals surface area contributed by atoms with E-state index in [1.807, 2.05) is 44.6 Å². The summed E-state index contributed by atoms with van der Waals surface area (Å²) in [5.41, 5.74) is 0.143. The highest BCUT2D eigenvalue weighted by Gasteiger charge is 2.52. The number of aromatic nitrogens is 2. The smallest absolute Gasteiger partial charge is 0.465 e. The van der Waals surface area contributed by atoms with E-state index in [0.717, 1.165) is 10.3 Å². The Kier molecular flexibility index (Phi) is 4.31. The van der Waals surface area contributed by atoms with E-state index in [0.29, 0.717) is 11.4 Å². The average molecular weight is 348 g/mol. The van der Waals surface area contributed by atoms with Gasteiger partial charge in [-0.3, -0.25) is 4.68 Å². The molecule has 0 amide bonds. The Morgan fingerprint density at radius 2 is 1.96 bits per heavy atom. The van der Waals surface area contributed by atoms with Gasteiger partial charge in [-0.25, -0.2) is 4.79 Å². The van der Waals surface area contributed by atoms with E-state index >= 15 is 0 Å². The Balaban J connectivity index is 1.70. The lowest BCUT2D eigenvalue weighted by Gasteiger charge is -2.32. The molecule has 1 aliphatic heterocycles.